The summed E-state index contributed by atoms with van der Waals surface area (Å²) in [7, 11) is 3.02. The van der Waals surface area contributed by atoms with E-state index in [1.54, 1.807) is 13.1 Å². The summed E-state index contributed by atoms with van der Waals surface area (Å²) in [6.07, 6.45) is -1.07. The van der Waals surface area contributed by atoms with E-state index in [9.17, 15) is 13.2 Å². The molecular weight excluding hydrogens is 375 g/mol. The van der Waals surface area contributed by atoms with Gasteiger partial charge in [0.2, 0.25) is 0 Å². The van der Waals surface area contributed by atoms with Crippen molar-refractivity contribution in [1.29, 1.82) is 0 Å². The van der Waals surface area contributed by atoms with Gasteiger partial charge in [0.25, 0.3) is 0 Å². The summed E-state index contributed by atoms with van der Waals surface area (Å²) >= 11 is 1.50. The lowest BCUT2D eigenvalue weighted by Gasteiger charge is -2.23. The Morgan fingerprint density at radius 1 is 1.37 bits per heavy atom. The molecule has 0 amide bonds. The topological polar surface area (TPSA) is 37.4 Å². The smallest absolute Gasteiger partial charge is 0.419 e. The molecule has 1 atom stereocenters. The second-order valence-corrected chi connectivity index (χ2v) is 7.71. The van der Waals surface area contributed by atoms with E-state index in [0.29, 0.717) is 29.0 Å². The van der Waals surface area contributed by atoms with Crippen LogP contribution in [0.4, 0.5) is 18.3 Å². The maximum atomic E-state index is 13.4. The number of anilines is 1. The van der Waals surface area contributed by atoms with Crippen molar-refractivity contribution in [2.45, 2.75) is 44.9 Å². The minimum Gasteiger partial charge on any atom is -0.496 e. The van der Waals surface area contributed by atoms with Gasteiger partial charge >= 0.3 is 6.18 Å². The minimum absolute atomic E-state index is 0.178. The Kier molecular flexibility index (Phi) is 5.95. The van der Waals surface area contributed by atoms with Crippen molar-refractivity contribution in [3.63, 3.8) is 0 Å². The second-order valence-electron chi connectivity index (χ2n) is 6.63. The standard InChI is InChI=1S/C19H24F3N3OS/c1-4-13-6-5-9-25(13)11-16-17(24-18(23-2)27-16)12-7-8-15(26-3)14(10-12)19(20,21)22/h7-8,10,13H,4-6,9,11H2,1-3H3,(H,23,24). The zero-order valence-corrected chi connectivity index (χ0v) is 16.5. The number of aromatic nitrogens is 1. The molecule has 1 unspecified atom stereocenters. The van der Waals surface area contributed by atoms with E-state index in [2.05, 4.69) is 22.1 Å². The van der Waals surface area contributed by atoms with Gasteiger partial charge < -0.3 is 10.1 Å². The number of benzene rings is 1. The first kappa shape index (κ1) is 19.9. The van der Waals surface area contributed by atoms with Gasteiger partial charge in [-0.3, -0.25) is 4.90 Å². The minimum atomic E-state index is -4.48. The molecule has 1 saturated heterocycles. The molecule has 1 aliphatic rings. The summed E-state index contributed by atoms with van der Waals surface area (Å²) < 4.78 is 45.1. The van der Waals surface area contributed by atoms with Gasteiger partial charge in [-0.05, 0) is 44.0 Å². The monoisotopic (exact) mass is 399 g/mol. The van der Waals surface area contributed by atoms with Crippen LogP contribution >= 0.6 is 11.3 Å². The quantitative estimate of drug-likeness (QED) is 0.720. The number of rotatable bonds is 6. The maximum absolute atomic E-state index is 13.4. The Bertz CT molecular complexity index is 791. The van der Waals surface area contributed by atoms with Gasteiger partial charge in [0.1, 0.15) is 5.75 Å². The highest BCUT2D eigenvalue weighted by Crippen LogP contribution is 2.41. The molecule has 0 radical (unpaired) electrons. The Balaban J connectivity index is 2.00. The third kappa shape index (κ3) is 4.21. The van der Waals surface area contributed by atoms with Gasteiger partial charge in [0.15, 0.2) is 5.13 Å². The Hall–Kier alpha value is -1.80. The average Bonchev–Trinajstić information content (AvgIpc) is 3.27. The van der Waals surface area contributed by atoms with Gasteiger partial charge in [-0.1, -0.05) is 6.92 Å². The summed E-state index contributed by atoms with van der Waals surface area (Å²) in [4.78, 5) is 7.93. The lowest BCUT2D eigenvalue weighted by molar-refractivity contribution is -0.138. The van der Waals surface area contributed by atoms with E-state index >= 15 is 0 Å². The van der Waals surface area contributed by atoms with Crippen molar-refractivity contribution >= 4 is 16.5 Å². The fraction of sp³-hybridized carbons (Fsp3) is 0.526. The number of nitrogens with one attached hydrogen (secondary N) is 1. The molecule has 0 aliphatic carbocycles. The molecule has 1 aromatic carbocycles. The molecule has 4 nitrogen and oxygen atoms in total. The highest BCUT2D eigenvalue weighted by Gasteiger charge is 2.35. The van der Waals surface area contributed by atoms with Crippen molar-refractivity contribution < 1.29 is 17.9 Å². The van der Waals surface area contributed by atoms with Gasteiger partial charge in [0, 0.05) is 30.1 Å². The van der Waals surface area contributed by atoms with E-state index in [1.807, 2.05) is 0 Å². The Labute approximate surface area is 161 Å². The third-order valence-corrected chi connectivity index (χ3v) is 6.06. The van der Waals surface area contributed by atoms with Gasteiger partial charge in [-0.25, -0.2) is 4.98 Å². The van der Waals surface area contributed by atoms with Gasteiger partial charge in [0.05, 0.1) is 18.4 Å². The number of halogens is 3. The SMILES string of the molecule is CCC1CCCN1Cc1sc(NC)nc1-c1ccc(OC)c(C(F)(F)F)c1. The maximum Gasteiger partial charge on any atom is 0.419 e. The van der Waals surface area contributed by atoms with Crippen molar-refractivity contribution in [1.82, 2.24) is 9.88 Å². The lowest BCUT2D eigenvalue weighted by Crippen LogP contribution is -2.28. The van der Waals surface area contributed by atoms with Crippen molar-refractivity contribution in [3.05, 3.63) is 28.6 Å². The van der Waals surface area contributed by atoms with E-state index in [4.69, 9.17) is 4.74 Å². The van der Waals surface area contributed by atoms with Crippen LogP contribution < -0.4 is 10.1 Å². The summed E-state index contributed by atoms with van der Waals surface area (Å²) in [5.74, 6) is -0.178. The first-order valence-corrected chi connectivity index (χ1v) is 9.86. The highest BCUT2D eigenvalue weighted by molar-refractivity contribution is 7.16. The number of methoxy groups -OCH3 is 1. The second kappa shape index (κ2) is 8.06. The molecule has 1 aliphatic heterocycles. The number of ether oxygens (including phenoxy) is 1. The molecule has 0 bridgehead atoms. The number of thiazole rings is 1. The molecular formula is C19H24F3N3OS. The molecule has 148 valence electrons. The van der Waals surface area contributed by atoms with Gasteiger partial charge in [-0.2, -0.15) is 13.2 Å². The molecule has 27 heavy (non-hydrogen) atoms. The molecule has 0 spiro atoms. The average molecular weight is 399 g/mol. The first-order chi connectivity index (χ1) is 12.9. The number of likely N-dealkylation sites (tertiary alicyclic amines) is 1. The number of hydrogen-bond donors (Lipinski definition) is 1. The van der Waals surface area contributed by atoms with Crippen LogP contribution in [0.2, 0.25) is 0 Å². The van der Waals surface area contributed by atoms with Crippen LogP contribution in [-0.2, 0) is 12.7 Å². The zero-order valence-electron chi connectivity index (χ0n) is 15.7. The zero-order chi connectivity index (χ0) is 19.6. The van der Waals surface area contributed by atoms with Crippen LogP contribution in [-0.4, -0.2) is 36.6 Å². The van der Waals surface area contributed by atoms with E-state index in [-0.39, 0.29) is 5.75 Å². The highest BCUT2D eigenvalue weighted by atomic mass is 32.1. The number of alkyl halides is 3. The fourth-order valence-corrected chi connectivity index (χ4v) is 4.58. The van der Waals surface area contributed by atoms with E-state index in [1.165, 1.54) is 30.9 Å². The normalized spacial score (nSPS) is 18.1. The molecule has 2 aromatic rings. The summed E-state index contributed by atoms with van der Waals surface area (Å²) in [6.45, 7) is 3.90. The number of nitrogens with zero attached hydrogens (tertiary/aromatic N) is 2. The third-order valence-electron chi connectivity index (χ3n) is 5.01. The molecule has 2 heterocycles. The van der Waals surface area contributed by atoms with Crippen molar-refractivity contribution in [3.8, 4) is 17.0 Å². The number of hydrogen-bond acceptors (Lipinski definition) is 5. The van der Waals surface area contributed by atoms with Crippen LogP contribution in [0, 0.1) is 0 Å². The molecule has 3 rings (SSSR count). The molecule has 1 N–H and O–H groups in total. The summed E-state index contributed by atoms with van der Waals surface area (Å²) in [5, 5.41) is 3.72. The first-order valence-electron chi connectivity index (χ1n) is 9.04. The van der Waals surface area contributed by atoms with Crippen LogP contribution in [0.1, 0.15) is 36.6 Å². The molecule has 8 heteroatoms. The summed E-state index contributed by atoms with van der Waals surface area (Å²) in [6, 6.07) is 4.68. The molecule has 1 aromatic heterocycles. The predicted molar refractivity (Wildman–Crippen MR) is 102 cm³/mol. The summed E-state index contributed by atoms with van der Waals surface area (Å²) in [5.41, 5.74) is 0.294. The van der Waals surface area contributed by atoms with E-state index < -0.39 is 11.7 Å². The predicted octanol–water partition coefficient (Wildman–Crippen LogP) is 5.25. The fourth-order valence-electron chi connectivity index (χ4n) is 3.62. The largest absolute Gasteiger partial charge is 0.496 e. The van der Waals surface area contributed by atoms with Crippen molar-refractivity contribution in [2.24, 2.45) is 0 Å². The molecule has 0 saturated carbocycles. The van der Waals surface area contributed by atoms with Crippen LogP contribution in [0.3, 0.4) is 0 Å². The Morgan fingerprint density at radius 3 is 2.78 bits per heavy atom. The van der Waals surface area contributed by atoms with Crippen LogP contribution in [0.5, 0.6) is 5.75 Å². The van der Waals surface area contributed by atoms with Crippen LogP contribution in [0.15, 0.2) is 18.2 Å². The van der Waals surface area contributed by atoms with Crippen molar-refractivity contribution in [2.75, 3.05) is 26.0 Å². The molecule has 1 fully saturated rings. The van der Waals surface area contributed by atoms with E-state index in [0.717, 1.165) is 30.3 Å². The lowest BCUT2D eigenvalue weighted by atomic mass is 10.1. The van der Waals surface area contributed by atoms with Gasteiger partial charge in [-0.15, -0.1) is 11.3 Å². The van der Waals surface area contributed by atoms with Crippen LogP contribution in [0.25, 0.3) is 11.3 Å². The Morgan fingerprint density at radius 2 is 2.15 bits per heavy atom.